The van der Waals surface area contributed by atoms with Crippen LogP contribution in [0.25, 0.3) is 0 Å². The van der Waals surface area contributed by atoms with Crippen LogP contribution in [-0.2, 0) is 10.2 Å². The van der Waals surface area contributed by atoms with E-state index in [9.17, 15) is 0 Å². The van der Waals surface area contributed by atoms with Gasteiger partial charge < -0.3 is 15.4 Å². The molecule has 4 nitrogen and oxygen atoms in total. The Morgan fingerprint density at radius 2 is 2.10 bits per heavy atom. The zero-order chi connectivity index (χ0) is 14.4. The summed E-state index contributed by atoms with van der Waals surface area (Å²) in [6, 6.07) is 8.15. The number of ether oxygens (including phenoxy) is 1. The van der Waals surface area contributed by atoms with Crippen LogP contribution in [-0.4, -0.2) is 39.8 Å². The fourth-order valence-corrected chi connectivity index (χ4v) is 2.87. The fourth-order valence-electron chi connectivity index (χ4n) is 2.68. The van der Waals surface area contributed by atoms with Crippen LogP contribution < -0.4 is 10.6 Å². The van der Waals surface area contributed by atoms with Crippen LogP contribution in [0, 0.1) is 0 Å². The Labute approximate surface area is 148 Å². The lowest BCUT2D eigenvalue weighted by atomic mass is 9.74. The third-order valence-corrected chi connectivity index (χ3v) is 4.18. The van der Waals surface area contributed by atoms with Gasteiger partial charge in [0, 0.05) is 44.3 Å². The van der Waals surface area contributed by atoms with E-state index in [1.807, 2.05) is 19.2 Å². The average molecular weight is 424 g/mol. The highest BCUT2D eigenvalue weighted by molar-refractivity contribution is 14.0. The minimum Gasteiger partial charge on any atom is -0.381 e. The molecule has 1 aromatic carbocycles. The summed E-state index contributed by atoms with van der Waals surface area (Å²) in [5.74, 6) is 0.804. The van der Waals surface area contributed by atoms with Crippen LogP contribution in [0.3, 0.4) is 0 Å². The van der Waals surface area contributed by atoms with Crippen molar-refractivity contribution in [2.75, 3.05) is 33.9 Å². The highest BCUT2D eigenvalue weighted by atomic mass is 127. The summed E-state index contributed by atoms with van der Waals surface area (Å²) in [6.07, 6.45) is 1.97. The van der Waals surface area contributed by atoms with Gasteiger partial charge in [0.05, 0.1) is 0 Å². The molecule has 0 saturated carbocycles. The molecule has 1 fully saturated rings. The molecule has 1 aliphatic heterocycles. The van der Waals surface area contributed by atoms with Gasteiger partial charge in [-0.3, -0.25) is 4.99 Å². The molecule has 0 spiro atoms. The molecular formula is C15H23ClIN3O. The molecule has 1 aromatic rings. The van der Waals surface area contributed by atoms with E-state index in [1.54, 1.807) is 7.05 Å². The van der Waals surface area contributed by atoms with Gasteiger partial charge in [0.25, 0.3) is 0 Å². The molecule has 1 aliphatic rings. The zero-order valence-electron chi connectivity index (χ0n) is 12.5. The zero-order valence-corrected chi connectivity index (χ0v) is 15.6. The molecule has 0 amide bonds. The smallest absolute Gasteiger partial charge is 0.190 e. The van der Waals surface area contributed by atoms with Crippen molar-refractivity contribution in [2.45, 2.75) is 18.3 Å². The SMILES string of the molecule is CN=C(NC)NCC1(c2cccc(Cl)c2)CCOCC1.I. The highest BCUT2D eigenvalue weighted by Crippen LogP contribution is 2.35. The van der Waals surface area contributed by atoms with Crippen molar-refractivity contribution in [3.8, 4) is 0 Å². The van der Waals surface area contributed by atoms with E-state index >= 15 is 0 Å². The summed E-state index contributed by atoms with van der Waals surface area (Å²) in [7, 11) is 3.64. The topological polar surface area (TPSA) is 45.7 Å². The molecule has 0 atom stereocenters. The second-order valence-corrected chi connectivity index (χ2v) is 5.52. The second kappa shape index (κ2) is 8.80. The number of benzene rings is 1. The van der Waals surface area contributed by atoms with E-state index < -0.39 is 0 Å². The number of nitrogens with zero attached hydrogens (tertiary/aromatic N) is 1. The predicted molar refractivity (Wildman–Crippen MR) is 99.0 cm³/mol. The number of guanidine groups is 1. The average Bonchev–Trinajstić information content (AvgIpc) is 2.49. The van der Waals surface area contributed by atoms with Crippen molar-refractivity contribution in [1.29, 1.82) is 0 Å². The lowest BCUT2D eigenvalue weighted by molar-refractivity contribution is 0.0514. The van der Waals surface area contributed by atoms with Crippen LogP contribution in [0.2, 0.25) is 5.02 Å². The molecule has 6 heteroatoms. The van der Waals surface area contributed by atoms with Crippen molar-refractivity contribution in [2.24, 2.45) is 4.99 Å². The van der Waals surface area contributed by atoms with Crippen molar-refractivity contribution in [1.82, 2.24) is 10.6 Å². The quantitative estimate of drug-likeness (QED) is 0.446. The lowest BCUT2D eigenvalue weighted by Crippen LogP contribution is -2.47. The molecule has 118 valence electrons. The molecule has 21 heavy (non-hydrogen) atoms. The fraction of sp³-hybridized carbons (Fsp3) is 0.533. The first kappa shape index (κ1) is 18.5. The molecule has 1 heterocycles. The Morgan fingerprint density at radius 3 is 2.67 bits per heavy atom. The van der Waals surface area contributed by atoms with Crippen LogP contribution in [0.15, 0.2) is 29.3 Å². The number of hydrogen-bond acceptors (Lipinski definition) is 2. The van der Waals surface area contributed by atoms with E-state index in [4.69, 9.17) is 16.3 Å². The molecule has 0 bridgehead atoms. The monoisotopic (exact) mass is 423 g/mol. The predicted octanol–water partition coefficient (Wildman–Crippen LogP) is 2.80. The van der Waals surface area contributed by atoms with Gasteiger partial charge >= 0.3 is 0 Å². The summed E-state index contributed by atoms with van der Waals surface area (Å²) in [6.45, 7) is 2.39. The van der Waals surface area contributed by atoms with Crippen LogP contribution in [0.5, 0.6) is 0 Å². The molecule has 0 aromatic heterocycles. The van der Waals surface area contributed by atoms with E-state index in [2.05, 4.69) is 27.8 Å². The first-order chi connectivity index (χ1) is 9.70. The Balaban J connectivity index is 0.00000220. The largest absolute Gasteiger partial charge is 0.381 e. The van der Waals surface area contributed by atoms with Gasteiger partial charge in [0.2, 0.25) is 0 Å². The number of halogens is 2. The Kier molecular flexibility index (Phi) is 7.76. The maximum Gasteiger partial charge on any atom is 0.190 e. The molecule has 0 radical (unpaired) electrons. The van der Waals surface area contributed by atoms with Gasteiger partial charge in [-0.15, -0.1) is 24.0 Å². The van der Waals surface area contributed by atoms with Crippen LogP contribution in [0.4, 0.5) is 0 Å². The van der Waals surface area contributed by atoms with E-state index in [1.165, 1.54) is 5.56 Å². The standard InChI is InChI=1S/C15H22ClN3O.HI/c1-17-14(18-2)19-11-15(6-8-20-9-7-15)12-4-3-5-13(16)10-12;/h3-5,10H,6-9,11H2,1-2H3,(H2,17,18,19);1H. The van der Waals surface area contributed by atoms with Gasteiger partial charge in [0.15, 0.2) is 5.96 Å². The third-order valence-electron chi connectivity index (χ3n) is 3.94. The highest BCUT2D eigenvalue weighted by Gasteiger charge is 2.34. The minimum absolute atomic E-state index is 0. The molecule has 0 aliphatic carbocycles. The van der Waals surface area contributed by atoms with Crippen LogP contribution >= 0.6 is 35.6 Å². The van der Waals surface area contributed by atoms with E-state index in [0.717, 1.165) is 43.6 Å². The first-order valence-electron chi connectivity index (χ1n) is 6.92. The van der Waals surface area contributed by atoms with Gasteiger partial charge in [-0.25, -0.2) is 0 Å². The second-order valence-electron chi connectivity index (χ2n) is 5.08. The van der Waals surface area contributed by atoms with Gasteiger partial charge in [0.1, 0.15) is 0 Å². The molecule has 1 saturated heterocycles. The Morgan fingerprint density at radius 1 is 1.38 bits per heavy atom. The van der Waals surface area contributed by atoms with Crippen LogP contribution in [0.1, 0.15) is 18.4 Å². The lowest BCUT2D eigenvalue weighted by Gasteiger charge is -2.38. The first-order valence-corrected chi connectivity index (χ1v) is 7.30. The number of aliphatic imine (C=N–C) groups is 1. The molecular weight excluding hydrogens is 401 g/mol. The van der Waals surface area contributed by atoms with E-state index in [-0.39, 0.29) is 29.4 Å². The minimum atomic E-state index is 0. The Bertz CT molecular complexity index is 476. The summed E-state index contributed by atoms with van der Waals surface area (Å²) < 4.78 is 5.53. The van der Waals surface area contributed by atoms with Crippen molar-refractivity contribution >= 4 is 41.5 Å². The molecule has 0 unspecified atom stereocenters. The molecule has 2 rings (SSSR count). The summed E-state index contributed by atoms with van der Waals surface area (Å²) in [4.78, 5) is 4.17. The maximum atomic E-state index is 6.16. The van der Waals surface area contributed by atoms with Gasteiger partial charge in [-0.1, -0.05) is 23.7 Å². The van der Waals surface area contributed by atoms with Crippen molar-refractivity contribution in [3.63, 3.8) is 0 Å². The maximum absolute atomic E-state index is 6.16. The summed E-state index contributed by atoms with van der Waals surface area (Å²) in [5.41, 5.74) is 1.32. The summed E-state index contributed by atoms with van der Waals surface area (Å²) in [5, 5.41) is 7.22. The van der Waals surface area contributed by atoms with E-state index in [0.29, 0.717) is 0 Å². The van der Waals surface area contributed by atoms with Crippen molar-refractivity contribution in [3.05, 3.63) is 34.9 Å². The van der Waals surface area contributed by atoms with Crippen molar-refractivity contribution < 1.29 is 4.74 Å². The summed E-state index contributed by atoms with van der Waals surface area (Å²) >= 11 is 6.16. The third kappa shape index (κ3) is 4.72. The Hall–Kier alpha value is -0.530. The number of nitrogens with one attached hydrogen (secondary N) is 2. The normalized spacial score (nSPS) is 17.8. The van der Waals surface area contributed by atoms with Gasteiger partial charge in [-0.2, -0.15) is 0 Å². The molecule has 2 N–H and O–H groups in total. The van der Waals surface area contributed by atoms with Gasteiger partial charge in [-0.05, 0) is 30.5 Å². The number of rotatable bonds is 3. The number of hydrogen-bond donors (Lipinski definition) is 2.